The zero-order valence-electron chi connectivity index (χ0n) is 35.2. The minimum Gasteiger partial charge on any atom is -0.509 e. The number of fused-ring (bicyclic) bond motifs is 3. The Morgan fingerprint density at radius 1 is 0.733 bits per heavy atom. The SMILES string of the molecule is Cc1cc(C2CCC3(CCCCC3)CC2)ccc1-c1cc(Oc2[c-]c(N3C=CN(c4ccccc4)[CH-]3)ccc2)[c-]c2c1c1ccccc1n2-c1cc(C(C)(C)C)ccn1.[Pt]. The summed E-state index contributed by atoms with van der Waals surface area (Å²) in [6.45, 7) is 11.1. The first-order chi connectivity index (χ1) is 28.7. The van der Waals surface area contributed by atoms with Crippen LogP contribution in [0.1, 0.15) is 101 Å². The molecule has 60 heavy (non-hydrogen) atoms. The number of nitrogens with zero attached hydrogens (tertiary/aromatic N) is 4. The van der Waals surface area contributed by atoms with E-state index in [4.69, 9.17) is 9.72 Å². The Morgan fingerprint density at radius 2 is 1.50 bits per heavy atom. The topological polar surface area (TPSA) is 33.5 Å². The molecule has 3 aliphatic rings. The quantitative estimate of drug-likeness (QED) is 0.149. The van der Waals surface area contributed by atoms with Crippen LogP contribution in [0.5, 0.6) is 11.5 Å². The van der Waals surface area contributed by atoms with Gasteiger partial charge in [-0.1, -0.05) is 106 Å². The number of rotatable bonds is 7. The van der Waals surface area contributed by atoms with Gasteiger partial charge in [-0.2, -0.15) is 6.07 Å². The third-order valence-electron chi connectivity index (χ3n) is 13.4. The molecular weight excluding hydrogens is 916 g/mol. The van der Waals surface area contributed by atoms with Crippen molar-refractivity contribution in [3.8, 4) is 28.4 Å². The Morgan fingerprint density at radius 3 is 2.28 bits per heavy atom. The number of pyridine rings is 1. The number of anilines is 2. The van der Waals surface area contributed by atoms with E-state index in [-0.39, 0.29) is 26.5 Å². The van der Waals surface area contributed by atoms with Gasteiger partial charge in [-0.25, -0.2) is 4.98 Å². The van der Waals surface area contributed by atoms with Crippen molar-refractivity contribution in [2.24, 2.45) is 5.41 Å². The summed E-state index contributed by atoms with van der Waals surface area (Å²) in [5.41, 5.74) is 11.0. The van der Waals surface area contributed by atoms with Gasteiger partial charge in [0, 0.05) is 50.0 Å². The fourth-order valence-corrected chi connectivity index (χ4v) is 10.1. The van der Waals surface area contributed by atoms with Crippen molar-refractivity contribution in [3.63, 3.8) is 0 Å². The van der Waals surface area contributed by atoms with Gasteiger partial charge in [-0.15, -0.1) is 48.3 Å². The van der Waals surface area contributed by atoms with Crippen LogP contribution in [0.2, 0.25) is 0 Å². The van der Waals surface area contributed by atoms with Crippen molar-refractivity contribution in [1.29, 1.82) is 0 Å². The number of hydrogen-bond acceptors (Lipinski definition) is 4. The average molecular weight is 969 g/mol. The van der Waals surface area contributed by atoms with Crippen molar-refractivity contribution >= 4 is 33.2 Å². The number of ether oxygens (including phenoxy) is 1. The minimum atomic E-state index is -0.0330. The Bertz CT molecular complexity index is 2680. The van der Waals surface area contributed by atoms with Crippen molar-refractivity contribution in [2.45, 2.75) is 96.8 Å². The second kappa shape index (κ2) is 16.4. The van der Waals surface area contributed by atoms with Crippen LogP contribution in [0.15, 0.2) is 128 Å². The molecule has 3 heterocycles. The van der Waals surface area contributed by atoms with E-state index >= 15 is 0 Å². The molecule has 1 spiro atoms. The molecule has 1 aliphatic heterocycles. The normalized spacial score (nSPS) is 16.8. The molecule has 0 atom stereocenters. The number of hydrogen-bond donors (Lipinski definition) is 0. The molecule has 0 radical (unpaired) electrons. The average Bonchev–Trinajstić information content (AvgIpc) is 3.88. The summed E-state index contributed by atoms with van der Waals surface area (Å²) < 4.78 is 9.08. The van der Waals surface area contributed by atoms with Gasteiger partial charge in [0.15, 0.2) is 0 Å². The zero-order chi connectivity index (χ0) is 40.1. The minimum absolute atomic E-state index is 0. The van der Waals surface area contributed by atoms with E-state index in [0.29, 0.717) is 22.8 Å². The van der Waals surface area contributed by atoms with Crippen molar-refractivity contribution in [1.82, 2.24) is 9.55 Å². The maximum absolute atomic E-state index is 6.82. The van der Waals surface area contributed by atoms with Crippen molar-refractivity contribution < 1.29 is 25.8 Å². The summed E-state index contributed by atoms with van der Waals surface area (Å²) in [4.78, 5) is 9.15. The van der Waals surface area contributed by atoms with Gasteiger partial charge in [-0.3, -0.25) is 0 Å². The molecule has 0 amide bonds. The summed E-state index contributed by atoms with van der Waals surface area (Å²) in [6.07, 6.45) is 18.6. The number of aryl methyl sites for hydroxylation is 1. The zero-order valence-corrected chi connectivity index (χ0v) is 37.4. The fourth-order valence-electron chi connectivity index (χ4n) is 10.1. The molecule has 0 unspecified atom stereocenters. The molecule has 7 aromatic rings. The van der Waals surface area contributed by atoms with Crippen molar-refractivity contribution in [3.05, 3.63) is 163 Å². The van der Waals surface area contributed by atoms with Crippen LogP contribution in [0.4, 0.5) is 11.4 Å². The van der Waals surface area contributed by atoms with E-state index in [2.05, 4.69) is 158 Å². The molecule has 2 saturated carbocycles. The van der Waals surface area contributed by atoms with Gasteiger partial charge in [0.05, 0.1) is 0 Å². The standard InChI is InChI=1S/C54H53N4O.Pt/c1-38-32-40(39-22-27-54(28-23-39)25-11-6-12-26-54)20-21-46(38)48-35-45(59-44-17-13-16-43(34-44)57-31-30-56(37-57)42-14-7-5-8-15-42)36-50-52(48)47-18-9-10-19-49(47)58(50)51-33-41(24-29-55-51)53(2,3)4;/h5,7-10,13-21,24,29-33,35,37,39H,6,11-12,22-23,25-28H2,1-4H3;/q-3;. The van der Waals surface area contributed by atoms with Crippen LogP contribution in [0, 0.1) is 31.1 Å². The van der Waals surface area contributed by atoms with E-state index in [0.717, 1.165) is 39.2 Å². The largest absolute Gasteiger partial charge is 0.509 e. The maximum atomic E-state index is 6.82. The Hall–Kier alpha value is -5.12. The summed E-state index contributed by atoms with van der Waals surface area (Å²) >= 11 is 0. The second-order valence-electron chi connectivity index (χ2n) is 18.3. The van der Waals surface area contributed by atoms with Crippen LogP contribution >= 0.6 is 0 Å². The van der Waals surface area contributed by atoms with E-state index in [9.17, 15) is 0 Å². The molecular formula is C54H53N4OPt-3. The summed E-state index contributed by atoms with van der Waals surface area (Å²) in [6, 6.07) is 46.2. The Balaban J connectivity index is 0.00000462. The fraction of sp³-hybridized carbons (Fsp3) is 0.296. The van der Waals surface area contributed by atoms with E-state index < -0.39 is 0 Å². The molecule has 6 heteroatoms. The number of benzene rings is 5. The first kappa shape index (κ1) is 40.3. The predicted molar refractivity (Wildman–Crippen MR) is 243 cm³/mol. The molecule has 308 valence electrons. The summed E-state index contributed by atoms with van der Waals surface area (Å²) in [5, 5.41) is 2.32. The molecule has 2 aromatic heterocycles. The molecule has 0 saturated heterocycles. The third kappa shape index (κ3) is 7.71. The van der Waals surface area contributed by atoms with Crippen LogP contribution in [-0.4, -0.2) is 9.55 Å². The first-order valence-electron chi connectivity index (χ1n) is 21.6. The third-order valence-corrected chi connectivity index (χ3v) is 13.4. The predicted octanol–water partition coefficient (Wildman–Crippen LogP) is 14.4. The molecule has 10 rings (SSSR count). The number of aromatic nitrogens is 2. The summed E-state index contributed by atoms with van der Waals surface area (Å²) in [7, 11) is 0. The van der Waals surface area contributed by atoms with E-state index in [1.807, 2.05) is 30.6 Å². The van der Waals surface area contributed by atoms with Crippen LogP contribution in [0.3, 0.4) is 0 Å². The molecule has 5 aromatic carbocycles. The number of para-hydroxylation sites is 2. The van der Waals surface area contributed by atoms with Crippen LogP contribution in [0.25, 0.3) is 38.8 Å². The molecule has 2 fully saturated rings. The van der Waals surface area contributed by atoms with Gasteiger partial charge in [0.1, 0.15) is 5.82 Å². The van der Waals surface area contributed by atoms with Crippen LogP contribution in [-0.2, 0) is 26.5 Å². The maximum Gasteiger partial charge on any atom is 0.135 e. The van der Waals surface area contributed by atoms with Gasteiger partial charge in [0.2, 0.25) is 0 Å². The monoisotopic (exact) mass is 968 g/mol. The van der Waals surface area contributed by atoms with Crippen LogP contribution < -0.4 is 14.5 Å². The molecule has 2 aliphatic carbocycles. The Kier molecular flexibility index (Phi) is 11.0. The first-order valence-corrected chi connectivity index (χ1v) is 21.6. The molecule has 0 bridgehead atoms. The van der Waals surface area contributed by atoms with E-state index in [1.165, 1.54) is 85.4 Å². The molecule has 5 nitrogen and oxygen atoms in total. The Labute approximate surface area is 370 Å². The van der Waals surface area contributed by atoms with Gasteiger partial charge >= 0.3 is 0 Å². The smallest absolute Gasteiger partial charge is 0.135 e. The van der Waals surface area contributed by atoms with E-state index in [1.54, 1.807) is 0 Å². The summed E-state index contributed by atoms with van der Waals surface area (Å²) in [5.74, 6) is 2.76. The van der Waals surface area contributed by atoms with Gasteiger partial charge in [-0.05, 0) is 133 Å². The van der Waals surface area contributed by atoms with Gasteiger partial charge < -0.3 is 19.1 Å². The molecule has 0 N–H and O–H groups in total. The van der Waals surface area contributed by atoms with Crippen molar-refractivity contribution in [2.75, 3.05) is 9.80 Å². The van der Waals surface area contributed by atoms with Gasteiger partial charge in [0.25, 0.3) is 0 Å². The second-order valence-corrected chi connectivity index (χ2v) is 18.3.